The van der Waals surface area contributed by atoms with Gasteiger partial charge in [-0.25, -0.2) is 4.39 Å². The highest BCUT2D eigenvalue weighted by Gasteiger charge is 2.36. The molecule has 1 aromatic rings. The second kappa shape index (κ2) is 5.36. The van der Waals surface area contributed by atoms with Crippen LogP contribution in [-0.4, -0.2) is 17.7 Å². The zero-order valence-corrected chi connectivity index (χ0v) is 12.4. The fraction of sp³-hybridized carbons (Fsp3) is 0.647. The molecule has 1 aromatic carbocycles. The van der Waals surface area contributed by atoms with Crippen LogP contribution in [0.4, 0.5) is 10.1 Å². The lowest BCUT2D eigenvalue weighted by Crippen LogP contribution is -2.35. The molecule has 0 aromatic heterocycles. The molecular formula is C17H24FNO. The van der Waals surface area contributed by atoms with Gasteiger partial charge >= 0.3 is 0 Å². The van der Waals surface area contributed by atoms with Gasteiger partial charge in [0.25, 0.3) is 0 Å². The lowest BCUT2D eigenvalue weighted by molar-refractivity contribution is 0.199. The lowest BCUT2D eigenvalue weighted by Gasteiger charge is -2.35. The highest BCUT2D eigenvalue weighted by molar-refractivity contribution is 5.58. The summed E-state index contributed by atoms with van der Waals surface area (Å²) in [6, 6.07) is 4.03. The predicted octanol–water partition coefficient (Wildman–Crippen LogP) is 3.96. The third-order valence-corrected chi connectivity index (χ3v) is 5.08. The van der Waals surface area contributed by atoms with Crippen molar-refractivity contribution < 1.29 is 9.50 Å². The molecule has 0 amide bonds. The Labute approximate surface area is 120 Å². The van der Waals surface area contributed by atoms with Gasteiger partial charge in [0.2, 0.25) is 0 Å². The number of hydrogen-bond acceptors (Lipinski definition) is 2. The normalized spacial score (nSPS) is 27.5. The molecular weight excluding hydrogens is 253 g/mol. The predicted molar refractivity (Wildman–Crippen MR) is 79.5 cm³/mol. The lowest BCUT2D eigenvalue weighted by atomic mass is 9.85. The molecule has 2 aliphatic rings. The van der Waals surface area contributed by atoms with E-state index in [2.05, 4.69) is 4.90 Å². The molecule has 1 saturated carbocycles. The van der Waals surface area contributed by atoms with Gasteiger partial charge in [0.1, 0.15) is 5.82 Å². The molecule has 110 valence electrons. The average molecular weight is 277 g/mol. The molecule has 3 heteroatoms. The Morgan fingerprint density at radius 2 is 2.00 bits per heavy atom. The zero-order chi connectivity index (χ0) is 14.3. The fourth-order valence-corrected chi connectivity index (χ4v) is 3.97. The number of anilines is 1. The largest absolute Gasteiger partial charge is 0.389 e. The summed E-state index contributed by atoms with van der Waals surface area (Å²) in [5, 5.41) is 9.98. The molecule has 2 nitrogen and oxygen atoms in total. The molecule has 3 rings (SSSR count). The van der Waals surface area contributed by atoms with Gasteiger partial charge in [0.15, 0.2) is 0 Å². The first-order valence-electron chi connectivity index (χ1n) is 7.82. The Hall–Kier alpha value is -1.09. The number of fused-ring (bicyclic) bond motifs is 1. The van der Waals surface area contributed by atoms with Crippen molar-refractivity contribution in [2.75, 3.05) is 11.4 Å². The van der Waals surface area contributed by atoms with E-state index in [9.17, 15) is 9.50 Å². The summed E-state index contributed by atoms with van der Waals surface area (Å²) in [7, 11) is 0. The highest BCUT2D eigenvalue weighted by Crippen LogP contribution is 2.41. The van der Waals surface area contributed by atoms with Crippen LogP contribution >= 0.6 is 0 Å². The maximum Gasteiger partial charge on any atom is 0.126 e. The van der Waals surface area contributed by atoms with Crippen LogP contribution < -0.4 is 4.90 Å². The summed E-state index contributed by atoms with van der Waals surface area (Å²) in [5.41, 5.74) is 2.45. The molecule has 2 unspecified atom stereocenters. The van der Waals surface area contributed by atoms with Gasteiger partial charge in [-0.2, -0.15) is 0 Å². The number of aliphatic hydroxyl groups is 1. The van der Waals surface area contributed by atoms with Crippen molar-refractivity contribution in [3.8, 4) is 0 Å². The van der Waals surface area contributed by atoms with Crippen LogP contribution in [-0.2, 0) is 0 Å². The summed E-state index contributed by atoms with van der Waals surface area (Å²) >= 11 is 0. The van der Waals surface area contributed by atoms with Crippen molar-refractivity contribution >= 4 is 5.69 Å². The van der Waals surface area contributed by atoms with Gasteiger partial charge in [-0.05, 0) is 56.7 Å². The summed E-state index contributed by atoms with van der Waals surface area (Å²) in [5.74, 6) is 0.569. The smallest absolute Gasteiger partial charge is 0.126 e. The molecule has 0 bridgehead atoms. The van der Waals surface area contributed by atoms with Crippen LogP contribution in [0.15, 0.2) is 12.1 Å². The quantitative estimate of drug-likeness (QED) is 0.884. The topological polar surface area (TPSA) is 23.5 Å². The fourth-order valence-electron chi connectivity index (χ4n) is 3.97. The van der Waals surface area contributed by atoms with E-state index in [1.54, 1.807) is 13.8 Å². The van der Waals surface area contributed by atoms with Crippen molar-refractivity contribution in [2.45, 2.75) is 58.1 Å². The van der Waals surface area contributed by atoms with E-state index in [1.807, 2.05) is 6.07 Å². The Kier molecular flexibility index (Phi) is 3.72. The maximum absolute atomic E-state index is 13.8. The molecule has 1 N–H and O–H groups in total. The van der Waals surface area contributed by atoms with Crippen LogP contribution in [0, 0.1) is 18.7 Å². The van der Waals surface area contributed by atoms with Gasteiger partial charge in [0.05, 0.1) is 6.10 Å². The number of benzene rings is 1. The monoisotopic (exact) mass is 277 g/mol. The highest BCUT2D eigenvalue weighted by atomic mass is 19.1. The second-order valence-corrected chi connectivity index (χ2v) is 6.43. The van der Waals surface area contributed by atoms with Crippen LogP contribution in [0.2, 0.25) is 0 Å². The number of nitrogens with zero attached hydrogens (tertiary/aromatic N) is 1. The molecule has 1 saturated heterocycles. The van der Waals surface area contributed by atoms with Crippen LogP contribution in [0.5, 0.6) is 0 Å². The van der Waals surface area contributed by atoms with E-state index >= 15 is 0 Å². The first kappa shape index (κ1) is 13.9. The third-order valence-electron chi connectivity index (χ3n) is 5.08. The van der Waals surface area contributed by atoms with E-state index < -0.39 is 6.10 Å². The molecule has 20 heavy (non-hydrogen) atoms. The van der Waals surface area contributed by atoms with E-state index in [0.29, 0.717) is 11.6 Å². The van der Waals surface area contributed by atoms with Crippen LogP contribution in [0.25, 0.3) is 0 Å². The first-order valence-corrected chi connectivity index (χ1v) is 7.82. The molecule has 0 spiro atoms. The molecule has 1 aliphatic carbocycles. The van der Waals surface area contributed by atoms with E-state index in [0.717, 1.165) is 23.7 Å². The number of rotatable bonds is 2. The SMILES string of the molecule is Cc1cc(N2CCC3CCCCC32)c([C@@H](C)O)cc1F. The number of hydrogen-bond donors (Lipinski definition) is 1. The van der Waals surface area contributed by atoms with Gasteiger partial charge < -0.3 is 10.0 Å². The molecule has 1 aliphatic heterocycles. The van der Waals surface area contributed by atoms with Crippen molar-refractivity contribution in [1.29, 1.82) is 0 Å². The van der Waals surface area contributed by atoms with E-state index in [-0.39, 0.29) is 5.82 Å². The van der Waals surface area contributed by atoms with Crippen molar-refractivity contribution in [2.24, 2.45) is 5.92 Å². The summed E-state index contributed by atoms with van der Waals surface area (Å²) < 4.78 is 13.8. The minimum absolute atomic E-state index is 0.218. The zero-order valence-electron chi connectivity index (χ0n) is 12.4. The van der Waals surface area contributed by atoms with Gasteiger partial charge in [-0.15, -0.1) is 0 Å². The van der Waals surface area contributed by atoms with Gasteiger partial charge in [-0.1, -0.05) is 12.8 Å². The minimum Gasteiger partial charge on any atom is -0.389 e. The van der Waals surface area contributed by atoms with E-state index in [4.69, 9.17) is 0 Å². The summed E-state index contributed by atoms with van der Waals surface area (Å²) in [4.78, 5) is 2.43. The second-order valence-electron chi connectivity index (χ2n) is 6.43. The van der Waals surface area contributed by atoms with Crippen LogP contribution in [0.1, 0.15) is 56.3 Å². The first-order chi connectivity index (χ1) is 9.58. The molecule has 2 fully saturated rings. The van der Waals surface area contributed by atoms with E-state index in [1.165, 1.54) is 38.2 Å². The van der Waals surface area contributed by atoms with Crippen molar-refractivity contribution in [3.05, 3.63) is 29.1 Å². The third kappa shape index (κ3) is 2.32. The Morgan fingerprint density at radius 3 is 2.75 bits per heavy atom. The standard InChI is InChI=1S/C17H24FNO/c1-11-9-17(14(12(2)20)10-15(11)18)19-8-7-13-5-3-4-6-16(13)19/h9-10,12-13,16,20H,3-8H2,1-2H3/t12-,13?,16?/m1/s1. The number of aryl methyl sites for hydroxylation is 1. The molecule has 1 heterocycles. The molecule has 3 atom stereocenters. The Morgan fingerprint density at radius 1 is 1.25 bits per heavy atom. The average Bonchev–Trinajstić information content (AvgIpc) is 2.85. The molecule has 0 radical (unpaired) electrons. The van der Waals surface area contributed by atoms with Gasteiger partial charge in [0, 0.05) is 23.8 Å². The number of halogens is 1. The maximum atomic E-state index is 13.8. The van der Waals surface area contributed by atoms with Crippen molar-refractivity contribution in [1.82, 2.24) is 0 Å². The van der Waals surface area contributed by atoms with Crippen molar-refractivity contribution in [3.63, 3.8) is 0 Å². The van der Waals surface area contributed by atoms with Gasteiger partial charge in [-0.3, -0.25) is 0 Å². The summed E-state index contributed by atoms with van der Waals surface area (Å²) in [6.07, 6.45) is 5.82. The Balaban J connectivity index is 1.98. The minimum atomic E-state index is -0.622. The number of aliphatic hydroxyl groups excluding tert-OH is 1. The van der Waals surface area contributed by atoms with Crippen LogP contribution in [0.3, 0.4) is 0 Å². The Bertz CT molecular complexity index is 500. The summed E-state index contributed by atoms with van der Waals surface area (Å²) in [6.45, 7) is 4.57.